The molecule has 0 aromatic carbocycles. The van der Waals surface area contributed by atoms with Crippen molar-refractivity contribution in [2.75, 3.05) is 0 Å². The van der Waals surface area contributed by atoms with Crippen molar-refractivity contribution >= 4 is 6.29 Å². The Bertz CT molecular complexity index is 194. The number of hydrogen-bond acceptors (Lipinski definition) is 3. The summed E-state index contributed by atoms with van der Waals surface area (Å²) in [4.78, 5) is 10.5. The molecular formula is C13H24O3. The van der Waals surface area contributed by atoms with Crippen molar-refractivity contribution in [2.24, 2.45) is 0 Å². The second-order valence-electron chi connectivity index (χ2n) is 4.49. The first-order valence-corrected chi connectivity index (χ1v) is 6.54. The molecule has 1 aliphatic rings. The van der Waals surface area contributed by atoms with Gasteiger partial charge in [-0.2, -0.15) is 0 Å². The molecule has 0 radical (unpaired) electrons. The van der Waals surface area contributed by atoms with Crippen LogP contribution >= 0.6 is 0 Å². The van der Waals surface area contributed by atoms with E-state index in [2.05, 4.69) is 13.8 Å². The molecule has 16 heavy (non-hydrogen) atoms. The van der Waals surface area contributed by atoms with Crippen molar-refractivity contribution in [1.82, 2.24) is 0 Å². The fraction of sp³-hybridized carbons (Fsp3) is 0.923. The average molecular weight is 228 g/mol. The Morgan fingerprint density at radius 2 is 1.94 bits per heavy atom. The second-order valence-corrected chi connectivity index (χ2v) is 4.49. The fourth-order valence-corrected chi connectivity index (χ4v) is 2.13. The summed E-state index contributed by atoms with van der Waals surface area (Å²) in [5.74, 6) is 0. The third-order valence-electron chi connectivity index (χ3n) is 3.04. The van der Waals surface area contributed by atoms with E-state index in [0.29, 0.717) is 6.42 Å². The van der Waals surface area contributed by atoms with Gasteiger partial charge in [0, 0.05) is 12.8 Å². The molecule has 0 N–H and O–H groups in total. The van der Waals surface area contributed by atoms with Crippen molar-refractivity contribution in [1.29, 1.82) is 0 Å². The third-order valence-corrected chi connectivity index (χ3v) is 3.04. The van der Waals surface area contributed by atoms with E-state index in [1.165, 1.54) is 19.3 Å². The van der Waals surface area contributed by atoms with Crippen LogP contribution in [0.3, 0.4) is 0 Å². The Labute approximate surface area is 98.5 Å². The molecule has 3 heteroatoms. The summed E-state index contributed by atoms with van der Waals surface area (Å²) in [5.41, 5.74) is 0. The first kappa shape index (κ1) is 13.7. The molecule has 0 bridgehead atoms. The molecule has 0 saturated carbocycles. The molecule has 0 amide bonds. The van der Waals surface area contributed by atoms with Crippen LogP contribution in [-0.4, -0.2) is 24.8 Å². The summed E-state index contributed by atoms with van der Waals surface area (Å²) in [6.07, 6.45) is 8.25. The maximum Gasteiger partial charge on any atom is 0.158 e. The smallest absolute Gasteiger partial charge is 0.158 e. The lowest BCUT2D eigenvalue weighted by atomic mass is 10.0. The van der Waals surface area contributed by atoms with Gasteiger partial charge >= 0.3 is 0 Å². The van der Waals surface area contributed by atoms with Crippen molar-refractivity contribution < 1.29 is 14.3 Å². The average Bonchev–Trinajstić information content (AvgIpc) is 2.29. The van der Waals surface area contributed by atoms with Crippen LogP contribution < -0.4 is 0 Å². The van der Waals surface area contributed by atoms with Crippen LogP contribution in [0.5, 0.6) is 0 Å². The lowest BCUT2D eigenvalue weighted by Gasteiger charge is -2.35. The Hall–Kier alpha value is -0.410. The Morgan fingerprint density at radius 1 is 1.19 bits per heavy atom. The number of ether oxygens (including phenoxy) is 2. The van der Waals surface area contributed by atoms with Gasteiger partial charge in [0.25, 0.3) is 0 Å². The van der Waals surface area contributed by atoms with Crippen LogP contribution in [0.15, 0.2) is 0 Å². The Kier molecular flexibility index (Phi) is 6.65. The van der Waals surface area contributed by atoms with E-state index >= 15 is 0 Å². The highest BCUT2D eigenvalue weighted by molar-refractivity contribution is 5.50. The lowest BCUT2D eigenvalue weighted by Crippen LogP contribution is -2.38. The highest BCUT2D eigenvalue weighted by Gasteiger charge is 2.28. The quantitative estimate of drug-likeness (QED) is 0.496. The zero-order valence-corrected chi connectivity index (χ0v) is 10.5. The van der Waals surface area contributed by atoms with Gasteiger partial charge in [0.15, 0.2) is 6.29 Å². The minimum atomic E-state index is -0.106. The van der Waals surface area contributed by atoms with Gasteiger partial charge in [-0.05, 0) is 12.8 Å². The summed E-state index contributed by atoms with van der Waals surface area (Å²) >= 11 is 0. The molecule has 0 aliphatic carbocycles. The van der Waals surface area contributed by atoms with E-state index in [1.54, 1.807) is 0 Å². The molecule has 0 aromatic rings. The van der Waals surface area contributed by atoms with E-state index in [1.807, 2.05) is 0 Å². The molecule has 1 saturated heterocycles. The normalized spacial score (nSPS) is 30.2. The van der Waals surface area contributed by atoms with Gasteiger partial charge < -0.3 is 14.3 Å². The third kappa shape index (κ3) is 4.62. The van der Waals surface area contributed by atoms with Gasteiger partial charge in [-0.3, -0.25) is 0 Å². The maximum atomic E-state index is 10.5. The SMILES string of the molecule is CCCCC[C@H]1C[C@@H](CC=O)O[C@@H](CC)O1. The van der Waals surface area contributed by atoms with E-state index in [0.717, 1.165) is 25.5 Å². The van der Waals surface area contributed by atoms with Crippen LogP contribution in [-0.2, 0) is 14.3 Å². The Morgan fingerprint density at radius 3 is 2.56 bits per heavy atom. The monoisotopic (exact) mass is 228 g/mol. The summed E-state index contributed by atoms with van der Waals surface area (Å²) in [6, 6.07) is 0. The number of rotatable bonds is 7. The summed E-state index contributed by atoms with van der Waals surface area (Å²) < 4.78 is 11.5. The van der Waals surface area contributed by atoms with E-state index in [4.69, 9.17) is 9.47 Å². The number of carbonyl (C=O) groups excluding carboxylic acids is 1. The zero-order chi connectivity index (χ0) is 11.8. The minimum absolute atomic E-state index is 0.0721. The highest BCUT2D eigenvalue weighted by atomic mass is 16.7. The molecule has 3 nitrogen and oxygen atoms in total. The molecule has 1 heterocycles. The van der Waals surface area contributed by atoms with E-state index in [9.17, 15) is 4.79 Å². The highest BCUT2D eigenvalue weighted by Crippen LogP contribution is 2.25. The molecular weight excluding hydrogens is 204 g/mol. The summed E-state index contributed by atoms with van der Waals surface area (Å²) in [7, 11) is 0. The summed E-state index contributed by atoms with van der Waals surface area (Å²) in [5, 5.41) is 0. The van der Waals surface area contributed by atoms with Gasteiger partial charge in [-0.25, -0.2) is 0 Å². The van der Waals surface area contributed by atoms with Crippen molar-refractivity contribution in [3.63, 3.8) is 0 Å². The Balaban J connectivity index is 2.34. The van der Waals surface area contributed by atoms with Crippen LogP contribution in [0, 0.1) is 0 Å². The molecule has 0 aromatic heterocycles. The largest absolute Gasteiger partial charge is 0.349 e. The first-order chi connectivity index (χ1) is 7.80. The number of carbonyl (C=O) groups is 1. The van der Waals surface area contributed by atoms with Crippen LogP contribution in [0.25, 0.3) is 0 Å². The lowest BCUT2D eigenvalue weighted by molar-refractivity contribution is -0.243. The van der Waals surface area contributed by atoms with Crippen LogP contribution in [0.1, 0.15) is 58.8 Å². The van der Waals surface area contributed by atoms with Crippen LogP contribution in [0.4, 0.5) is 0 Å². The molecule has 0 unspecified atom stereocenters. The number of aldehydes is 1. The van der Waals surface area contributed by atoms with Gasteiger partial charge in [0.1, 0.15) is 6.29 Å². The zero-order valence-electron chi connectivity index (χ0n) is 10.5. The molecule has 94 valence electrons. The molecule has 1 aliphatic heterocycles. The first-order valence-electron chi connectivity index (χ1n) is 6.54. The van der Waals surface area contributed by atoms with Gasteiger partial charge in [0.05, 0.1) is 12.2 Å². The van der Waals surface area contributed by atoms with Crippen molar-refractivity contribution in [2.45, 2.75) is 77.3 Å². The van der Waals surface area contributed by atoms with Gasteiger partial charge in [-0.1, -0.05) is 33.1 Å². The maximum absolute atomic E-state index is 10.5. The number of hydrogen-bond donors (Lipinski definition) is 0. The van der Waals surface area contributed by atoms with Gasteiger partial charge in [0.2, 0.25) is 0 Å². The number of unbranched alkanes of at least 4 members (excludes halogenated alkanes) is 2. The second kappa shape index (κ2) is 7.80. The van der Waals surface area contributed by atoms with E-state index < -0.39 is 0 Å². The van der Waals surface area contributed by atoms with Crippen LogP contribution in [0.2, 0.25) is 0 Å². The minimum Gasteiger partial charge on any atom is -0.349 e. The van der Waals surface area contributed by atoms with Crippen molar-refractivity contribution in [3.8, 4) is 0 Å². The molecule has 0 spiro atoms. The standard InChI is InChI=1S/C13H24O3/c1-3-5-6-7-11-10-12(8-9-14)16-13(4-2)15-11/h9,11-13H,3-8,10H2,1-2H3/t11-,12+,13-/m0/s1. The fourth-order valence-electron chi connectivity index (χ4n) is 2.13. The van der Waals surface area contributed by atoms with E-state index in [-0.39, 0.29) is 18.5 Å². The van der Waals surface area contributed by atoms with Gasteiger partial charge in [-0.15, -0.1) is 0 Å². The predicted octanol–water partition coefficient (Wildman–Crippen LogP) is 3.07. The van der Waals surface area contributed by atoms with Crippen molar-refractivity contribution in [3.05, 3.63) is 0 Å². The molecule has 3 atom stereocenters. The molecule has 1 rings (SSSR count). The molecule has 1 fully saturated rings. The predicted molar refractivity (Wildman–Crippen MR) is 63.3 cm³/mol. The summed E-state index contributed by atoms with van der Waals surface area (Å²) in [6.45, 7) is 4.26. The topological polar surface area (TPSA) is 35.5 Å².